The van der Waals surface area contributed by atoms with Crippen LogP contribution in [0.3, 0.4) is 0 Å². The lowest BCUT2D eigenvalue weighted by Crippen LogP contribution is -2.57. The Hall–Kier alpha value is -2.57. The van der Waals surface area contributed by atoms with Crippen LogP contribution >= 0.6 is 0 Å². The van der Waals surface area contributed by atoms with Gasteiger partial charge in [0.2, 0.25) is 11.8 Å². The molecule has 0 radical (unpaired) electrons. The van der Waals surface area contributed by atoms with Gasteiger partial charge in [-0.3, -0.25) is 14.9 Å². The van der Waals surface area contributed by atoms with Crippen LogP contribution < -0.4 is 16.0 Å². The number of carbonyl (C=O) groups excluding carboxylic acids is 2. The Labute approximate surface area is 115 Å². The molecule has 106 valence electrons. The Kier molecular flexibility index (Phi) is 3.35. The first kappa shape index (κ1) is 13.9. The van der Waals surface area contributed by atoms with Gasteiger partial charge in [-0.25, -0.2) is 4.79 Å². The summed E-state index contributed by atoms with van der Waals surface area (Å²) >= 11 is 0. The number of anilines is 2. The molecule has 1 saturated heterocycles. The number of carboxylic acid groups (broad SMARTS) is 1. The Balaban J connectivity index is 2.49. The molecule has 20 heavy (non-hydrogen) atoms. The third-order valence-corrected chi connectivity index (χ3v) is 3.36. The molecule has 7 heteroatoms. The first-order valence-corrected chi connectivity index (χ1v) is 6.05. The van der Waals surface area contributed by atoms with E-state index in [2.05, 4.69) is 5.32 Å². The Bertz CT molecular complexity index is 612. The standard InChI is InChI=1S/C13H15N3O4/c1-6-3-8(4-9(11(6)14)13(19)20)16-5-10(17)15-12(18)7(16)2/h3-4,7H,5,14H2,1-2H3,(H,19,20)(H,15,17,18). The molecule has 2 rings (SSSR count). The number of hydrogen-bond acceptors (Lipinski definition) is 5. The lowest BCUT2D eigenvalue weighted by atomic mass is 10.0. The highest BCUT2D eigenvalue weighted by Crippen LogP contribution is 2.27. The number of nitrogen functional groups attached to an aromatic ring is 1. The molecule has 0 saturated carbocycles. The van der Waals surface area contributed by atoms with E-state index < -0.39 is 23.8 Å². The number of aryl methyl sites for hydroxylation is 1. The van der Waals surface area contributed by atoms with Crippen LogP contribution in [0.2, 0.25) is 0 Å². The van der Waals surface area contributed by atoms with Crippen molar-refractivity contribution in [3.8, 4) is 0 Å². The number of amides is 2. The second kappa shape index (κ2) is 4.84. The number of benzene rings is 1. The van der Waals surface area contributed by atoms with Crippen molar-refractivity contribution < 1.29 is 19.5 Å². The van der Waals surface area contributed by atoms with Gasteiger partial charge in [0.1, 0.15) is 6.04 Å². The van der Waals surface area contributed by atoms with Gasteiger partial charge in [-0.15, -0.1) is 0 Å². The largest absolute Gasteiger partial charge is 0.478 e. The molecular weight excluding hydrogens is 262 g/mol. The van der Waals surface area contributed by atoms with Crippen LogP contribution in [0.4, 0.5) is 11.4 Å². The van der Waals surface area contributed by atoms with Gasteiger partial charge in [-0.1, -0.05) is 0 Å². The molecule has 7 nitrogen and oxygen atoms in total. The summed E-state index contributed by atoms with van der Waals surface area (Å²) in [5.74, 6) is -1.97. The van der Waals surface area contributed by atoms with E-state index in [1.807, 2.05) is 0 Å². The van der Waals surface area contributed by atoms with Crippen molar-refractivity contribution in [3.63, 3.8) is 0 Å². The summed E-state index contributed by atoms with van der Waals surface area (Å²) in [5, 5.41) is 11.4. The van der Waals surface area contributed by atoms with Crippen LogP contribution in [-0.2, 0) is 9.59 Å². The highest BCUT2D eigenvalue weighted by molar-refractivity contribution is 6.05. The fourth-order valence-corrected chi connectivity index (χ4v) is 2.15. The summed E-state index contributed by atoms with van der Waals surface area (Å²) in [5.41, 5.74) is 6.95. The Morgan fingerprint density at radius 2 is 2.10 bits per heavy atom. The van der Waals surface area contributed by atoms with Crippen LogP contribution in [0, 0.1) is 6.92 Å². The summed E-state index contributed by atoms with van der Waals surface area (Å²) in [7, 11) is 0. The predicted octanol–water partition coefficient (Wildman–Crippen LogP) is 0.127. The quantitative estimate of drug-likeness (QED) is 0.523. The van der Waals surface area contributed by atoms with Crippen LogP contribution in [0.5, 0.6) is 0 Å². The molecule has 1 aromatic rings. The Morgan fingerprint density at radius 1 is 1.45 bits per heavy atom. The minimum Gasteiger partial charge on any atom is -0.478 e. The van der Waals surface area contributed by atoms with Gasteiger partial charge in [-0.2, -0.15) is 0 Å². The first-order valence-electron chi connectivity index (χ1n) is 6.05. The molecule has 0 spiro atoms. The van der Waals surface area contributed by atoms with Crippen molar-refractivity contribution in [2.45, 2.75) is 19.9 Å². The summed E-state index contributed by atoms with van der Waals surface area (Å²) < 4.78 is 0. The van der Waals surface area contributed by atoms with Gasteiger partial charge in [0.25, 0.3) is 0 Å². The maximum Gasteiger partial charge on any atom is 0.337 e. The first-order chi connectivity index (χ1) is 9.31. The molecule has 2 amide bonds. The van der Waals surface area contributed by atoms with Crippen LogP contribution in [-0.4, -0.2) is 35.5 Å². The second-order valence-corrected chi connectivity index (χ2v) is 4.75. The van der Waals surface area contributed by atoms with E-state index >= 15 is 0 Å². The zero-order chi connectivity index (χ0) is 15.0. The number of imide groups is 1. The maximum atomic E-state index is 11.6. The third kappa shape index (κ3) is 2.29. The maximum absolute atomic E-state index is 11.6. The number of carboxylic acids is 1. The van der Waals surface area contributed by atoms with Crippen LogP contribution in [0.25, 0.3) is 0 Å². The molecule has 0 aliphatic carbocycles. The van der Waals surface area contributed by atoms with Crippen molar-refractivity contribution >= 4 is 29.2 Å². The summed E-state index contributed by atoms with van der Waals surface area (Å²) in [6.07, 6.45) is 0. The fraction of sp³-hybridized carbons (Fsp3) is 0.308. The zero-order valence-electron chi connectivity index (χ0n) is 11.1. The van der Waals surface area contributed by atoms with E-state index in [1.54, 1.807) is 24.8 Å². The number of nitrogens with one attached hydrogen (secondary N) is 1. The smallest absolute Gasteiger partial charge is 0.337 e. The van der Waals surface area contributed by atoms with Crippen molar-refractivity contribution in [1.82, 2.24) is 5.32 Å². The van der Waals surface area contributed by atoms with E-state index in [0.717, 1.165) is 0 Å². The highest BCUT2D eigenvalue weighted by atomic mass is 16.4. The molecule has 0 aromatic heterocycles. The SMILES string of the molecule is Cc1cc(N2CC(=O)NC(=O)C2C)cc(C(=O)O)c1N. The summed E-state index contributed by atoms with van der Waals surface area (Å²) in [4.78, 5) is 35.8. The van der Waals surface area contributed by atoms with Crippen molar-refractivity contribution in [3.05, 3.63) is 23.3 Å². The lowest BCUT2D eigenvalue weighted by molar-refractivity contribution is -0.132. The van der Waals surface area contributed by atoms with Gasteiger partial charge >= 0.3 is 5.97 Å². The van der Waals surface area contributed by atoms with Crippen LogP contribution in [0.15, 0.2) is 12.1 Å². The topological polar surface area (TPSA) is 113 Å². The normalized spacial score (nSPS) is 18.9. The number of carbonyl (C=O) groups is 3. The molecule has 1 aliphatic heterocycles. The van der Waals surface area contributed by atoms with E-state index in [-0.39, 0.29) is 17.8 Å². The fourth-order valence-electron chi connectivity index (χ4n) is 2.15. The zero-order valence-corrected chi connectivity index (χ0v) is 11.1. The predicted molar refractivity (Wildman–Crippen MR) is 72.5 cm³/mol. The van der Waals surface area contributed by atoms with Gasteiger partial charge < -0.3 is 15.7 Å². The molecule has 4 N–H and O–H groups in total. The minimum absolute atomic E-state index is 0.00464. The van der Waals surface area contributed by atoms with Gasteiger partial charge in [0.05, 0.1) is 12.1 Å². The molecule has 1 unspecified atom stereocenters. The lowest BCUT2D eigenvalue weighted by Gasteiger charge is -2.34. The summed E-state index contributed by atoms with van der Waals surface area (Å²) in [6.45, 7) is 3.32. The Morgan fingerprint density at radius 3 is 2.70 bits per heavy atom. The molecule has 0 bridgehead atoms. The van der Waals surface area contributed by atoms with E-state index in [0.29, 0.717) is 11.3 Å². The number of nitrogens with two attached hydrogens (primary N) is 1. The summed E-state index contributed by atoms with van der Waals surface area (Å²) in [6, 6.07) is 2.49. The van der Waals surface area contributed by atoms with Gasteiger partial charge in [0, 0.05) is 11.4 Å². The van der Waals surface area contributed by atoms with E-state index in [9.17, 15) is 14.4 Å². The average molecular weight is 277 g/mol. The van der Waals surface area contributed by atoms with E-state index in [4.69, 9.17) is 10.8 Å². The van der Waals surface area contributed by atoms with Crippen molar-refractivity contribution in [1.29, 1.82) is 0 Å². The molecule has 1 aliphatic rings. The molecule has 1 atom stereocenters. The third-order valence-electron chi connectivity index (χ3n) is 3.36. The average Bonchev–Trinajstić information content (AvgIpc) is 2.36. The van der Waals surface area contributed by atoms with Gasteiger partial charge in [-0.05, 0) is 31.5 Å². The van der Waals surface area contributed by atoms with E-state index in [1.165, 1.54) is 6.07 Å². The molecule has 1 fully saturated rings. The van der Waals surface area contributed by atoms with Crippen molar-refractivity contribution in [2.24, 2.45) is 0 Å². The molecular formula is C13H15N3O4. The number of aromatic carboxylic acids is 1. The number of rotatable bonds is 2. The molecule has 1 heterocycles. The number of piperazine rings is 1. The number of hydrogen-bond donors (Lipinski definition) is 3. The minimum atomic E-state index is -1.15. The monoisotopic (exact) mass is 277 g/mol. The number of nitrogens with zero attached hydrogens (tertiary/aromatic N) is 1. The second-order valence-electron chi connectivity index (χ2n) is 4.75. The van der Waals surface area contributed by atoms with Gasteiger partial charge in [0.15, 0.2) is 0 Å². The van der Waals surface area contributed by atoms with Crippen LogP contribution in [0.1, 0.15) is 22.8 Å². The molecule has 1 aromatic carbocycles. The van der Waals surface area contributed by atoms with Crippen molar-refractivity contribution in [2.75, 3.05) is 17.2 Å². The highest BCUT2D eigenvalue weighted by Gasteiger charge is 2.31.